The van der Waals surface area contributed by atoms with Gasteiger partial charge in [0.1, 0.15) is 35.1 Å². The Morgan fingerprint density at radius 1 is 1.00 bits per heavy atom. The topological polar surface area (TPSA) is 200 Å². The van der Waals surface area contributed by atoms with Gasteiger partial charge in [-0.15, -0.1) is 0 Å². The maximum absolute atomic E-state index is 14.7. The molecule has 8 rings (SSSR count). The molecule has 2 saturated carbocycles. The lowest BCUT2D eigenvalue weighted by Crippen LogP contribution is -2.58. The van der Waals surface area contributed by atoms with Crippen LogP contribution in [0.5, 0.6) is 11.6 Å². The molecule has 16 nitrogen and oxygen atoms in total. The molecule has 4 aliphatic rings. The second-order valence-corrected chi connectivity index (χ2v) is 19.1. The first kappa shape index (κ1) is 41.0. The molecule has 318 valence electrons. The van der Waals surface area contributed by atoms with Crippen LogP contribution in [-0.2, 0) is 29.1 Å². The molecule has 3 fully saturated rings. The largest absolute Gasteiger partial charge is 0.497 e. The predicted octanol–water partition coefficient (Wildman–Crippen LogP) is 4.80. The number of benzene rings is 2. The highest BCUT2D eigenvalue weighted by molar-refractivity contribution is 7.91. The Labute approximate surface area is 348 Å². The Hall–Kier alpha value is -5.71. The summed E-state index contributed by atoms with van der Waals surface area (Å²) in [5.41, 5.74) is 0.256. The highest BCUT2D eigenvalue weighted by Gasteiger charge is 2.62. The van der Waals surface area contributed by atoms with Crippen molar-refractivity contribution < 1.29 is 41.8 Å². The van der Waals surface area contributed by atoms with Crippen LogP contribution in [0.3, 0.4) is 0 Å². The number of alkyl carbamates (subject to hydrolysis) is 1. The average molecular weight is 842 g/mol. The number of carbonyl (C=O) groups is 4. The van der Waals surface area contributed by atoms with Crippen molar-refractivity contribution in [1.82, 2.24) is 34.9 Å². The summed E-state index contributed by atoms with van der Waals surface area (Å²) in [5, 5.41) is 10.6. The lowest BCUT2D eigenvalue weighted by Gasteiger charge is -2.30. The molecule has 0 unspecified atom stereocenters. The number of methoxy groups -OCH3 is 1. The second-order valence-electron chi connectivity index (χ2n) is 17.2. The van der Waals surface area contributed by atoms with E-state index in [9.17, 15) is 27.6 Å². The minimum Gasteiger partial charge on any atom is -0.497 e. The Morgan fingerprint density at radius 3 is 2.50 bits per heavy atom. The van der Waals surface area contributed by atoms with E-state index in [1.54, 1.807) is 38.5 Å². The third-order valence-electron chi connectivity index (χ3n) is 11.5. The molecule has 1 saturated heterocycles. The molecular formula is C43H51N7O9S. The van der Waals surface area contributed by atoms with Gasteiger partial charge in [0.25, 0.3) is 5.91 Å². The third kappa shape index (κ3) is 8.62. The highest BCUT2D eigenvalue weighted by atomic mass is 32.2. The standard InChI is InChI=1S/C43H51N7O9S/c1-42(2,3)59-41(54)45-33-15-9-7-5-6-8-12-27-24-43(27,40(53)48-60(55,56)30-20-21-30)46-38(51)35-22-29(25-49(35)39(33)52)58-36-23-34(26-16-18-28(57-4)19-17-26)44-37-31-13-10-11-14-32(31)47-50(36)37/h8,10-14,16-19,23,27,29-30,33,35H,5-7,9,15,20-22,24-25H2,1-4H3,(H,45,54)(H,46,51)(H,48,53)/b12-8-/t27-,29-,33+,35+,43-/m1/s1. The number of hydrogen-bond acceptors (Lipinski definition) is 11. The van der Waals surface area contributed by atoms with Gasteiger partial charge in [0.2, 0.25) is 27.7 Å². The molecule has 2 aliphatic carbocycles. The summed E-state index contributed by atoms with van der Waals surface area (Å²) < 4.78 is 47.4. The van der Waals surface area contributed by atoms with Gasteiger partial charge in [-0.1, -0.05) is 37.1 Å². The van der Waals surface area contributed by atoms with Crippen molar-refractivity contribution in [2.45, 2.75) is 113 Å². The Bertz CT molecular complexity index is 2460. The van der Waals surface area contributed by atoms with Crippen LogP contribution in [0, 0.1) is 5.92 Å². The van der Waals surface area contributed by atoms with E-state index in [2.05, 4.69) is 15.4 Å². The van der Waals surface area contributed by atoms with Crippen LogP contribution in [-0.4, -0.2) is 100.0 Å². The first-order valence-corrected chi connectivity index (χ1v) is 22.1. The molecule has 4 heterocycles. The van der Waals surface area contributed by atoms with Crippen molar-refractivity contribution in [3.05, 3.63) is 66.7 Å². The number of sulfonamides is 1. The summed E-state index contributed by atoms with van der Waals surface area (Å²) in [6.07, 6.45) is 6.53. The highest BCUT2D eigenvalue weighted by Crippen LogP contribution is 2.46. The molecule has 5 atom stereocenters. The van der Waals surface area contributed by atoms with E-state index >= 15 is 0 Å². The third-order valence-corrected chi connectivity index (χ3v) is 13.3. The normalized spacial score (nSPS) is 25.6. The minimum absolute atomic E-state index is 0.0117. The summed E-state index contributed by atoms with van der Waals surface area (Å²) >= 11 is 0. The minimum atomic E-state index is -3.92. The molecule has 2 aromatic heterocycles. The van der Waals surface area contributed by atoms with Gasteiger partial charge in [0.15, 0.2) is 5.65 Å². The van der Waals surface area contributed by atoms with Crippen LogP contribution in [0.15, 0.2) is 66.7 Å². The van der Waals surface area contributed by atoms with Gasteiger partial charge in [0, 0.05) is 29.4 Å². The van der Waals surface area contributed by atoms with E-state index in [1.807, 2.05) is 60.7 Å². The number of rotatable bonds is 8. The smallest absolute Gasteiger partial charge is 0.408 e. The Balaban J connectivity index is 1.15. The predicted molar refractivity (Wildman–Crippen MR) is 221 cm³/mol. The number of allylic oxidation sites excluding steroid dienone is 1. The van der Waals surface area contributed by atoms with Gasteiger partial charge in [-0.3, -0.25) is 19.1 Å². The number of fused-ring (bicyclic) bond motifs is 5. The van der Waals surface area contributed by atoms with E-state index in [1.165, 1.54) is 4.90 Å². The molecule has 0 bridgehead atoms. The van der Waals surface area contributed by atoms with E-state index in [-0.39, 0.29) is 19.4 Å². The second kappa shape index (κ2) is 16.0. The number of nitrogens with one attached hydrogen (secondary N) is 3. The Kier molecular flexibility index (Phi) is 11.0. The molecular weight excluding hydrogens is 791 g/mol. The molecule has 0 radical (unpaired) electrons. The van der Waals surface area contributed by atoms with Gasteiger partial charge < -0.3 is 29.7 Å². The molecule has 60 heavy (non-hydrogen) atoms. The first-order chi connectivity index (χ1) is 28.6. The SMILES string of the molecule is COc1ccc(-c2cc(O[C@@H]3C[C@H]4C(=O)N[C@]5(C(=O)NS(=O)(=O)C6CC6)C[C@H]5/C=C\CCCCC[C@H](NC(=O)OC(C)(C)C)C(=O)N4C3)n3nc4ccccc4c3n2)cc1. The number of carbonyl (C=O) groups excluding carboxylic acids is 4. The number of aromatic nitrogens is 3. The molecule has 3 N–H and O–H groups in total. The fourth-order valence-electron chi connectivity index (χ4n) is 8.07. The van der Waals surface area contributed by atoms with Gasteiger partial charge in [0.05, 0.1) is 30.1 Å². The molecule has 0 spiro atoms. The van der Waals surface area contributed by atoms with Crippen LogP contribution < -0.4 is 24.8 Å². The summed E-state index contributed by atoms with van der Waals surface area (Å²) in [5.74, 6) is -1.40. The Morgan fingerprint density at radius 2 is 1.77 bits per heavy atom. The fourth-order valence-corrected chi connectivity index (χ4v) is 9.43. The number of nitrogens with zero attached hydrogens (tertiary/aromatic N) is 4. The van der Waals surface area contributed by atoms with Crippen LogP contribution >= 0.6 is 0 Å². The van der Waals surface area contributed by atoms with Crippen LogP contribution in [0.4, 0.5) is 4.79 Å². The van der Waals surface area contributed by atoms with E-state index in [0.717, 1.165) is 23.8 Å². The van der Waals surface area contributed by atoms with Gasteiger partial charge >= 0.3 is 6.09 Å². The van der Waals surface area contributed by atoms with Crippen molar-refractivity contribution in [1.29, 1.82) is 0 Å². The zero-order chi connectivity index (χ0) is 42.4. The monoisotopic (exact) mass is 841 g/mol. The zero-order valence-corrected chi connectivity index (χ0v) is 35.0. The van der Waals surface area contributed by atoms with E-state index in [0.29, 0.717) is 60.6 Å². The molecule has 2 aromatic carbocycles. The van der Waals surface area contributed by atoms with Crippen molar-refractivity contribution in [2.24, 2.45) is 5.92 Å². The molecule has 4 amide bonds. The zero-order valence-electron chi connectivity index (χ0n) is 34.2. The first-order valence-electron chi connectivity index (χ1n) is 20.6. The number of amides is 4. The van der Waals surface area contributed by atoms with Crippen LogP contribution in [0.2, 0.25) is 0 Å². The maximum Gasteiger partial charge on any atom is 0.408 e. The molecule has 4 aromatic rings. The number of ether oxygens (including phenoxy) is 3. The van der Waals surface area contributed by atoms with Gasteiger partial charge in [-0.25, -0.2) is 18.2 Å². The van der Waals surface area contributed by atoms with Crippen molar-refractivity contribution in [3.8, 4) is 22.9 Å². The van der Waals surface area contributed by atoms with E-state index < -0.39 is 74.3 Å². The maximum atomic E-state index is 14.7. The summed E-state index contributed by atoms with van der Waals surface area (Å²) in [6, 6.07) is 14.6. The quantitative estimate of drug-likeness (QED) is 0.206. The van der Waals surface area contributed by atoms with Crippen molar-refractivity contribution in [3.63, 3.8) is 0 Å². The van der Waals surface area contributed by atoms with Crippen molar-refractivity contribution >= 4 is 50.4 Å². The summed E-state index contributed by atoms with van der Waals surface area (Å²) in [6.45, 7) is 5.14. The van der Waals surface area contributed by atoms with Crippen LogP contribution in [0.1, 0.15) is 78.6 Å². The fraction of sp³-hybridized carbons (Fsp3) is 0.488. The lowest BCUT2D eigenvalue weighted by molar-refractivity contribution is -0.141. The summed E-state index contributed by atoms with van der Waals surface area (Å²) in [7, 11) is -2.33. The van der Waals surface area contributed by atoms with Gasteiger partial charge in [-0.05, 0) is 95.7 Å². The van der Waals surface area contributed by atoms with E-state index in [4.69, 9.17) is 24.3 Å². The summed E-state index contributed by atoms with van der Waals surface area (Å²) in [4.78, 5) is 62.7. The average Bonchev–Trinajstić information content (AvgIpc) is 4.11. The lowest BCUT2D eigenvalue weighted by atomic mass is 10.0. The van der Waals surface area contributed by atoms with Crippen molar-refractivity contribution in [2.75, 3.05) is 13.7 Å². The molecule has 2 aliphatic heterocycles. The van der Waals surface area contributed by atoms with Gasteiger partial charge in [-0.2, -0.15) is 9.61 Å². The van der Waals surface area contributed by atoms with Crippen LogP contribution in [0.25, 0.3) is 27.8 Å². The molecule has 17 heteroatoms. The number of hydrogen-bond donors (Lipinski definition) is 3.